The lowest BCUT2D eigenvalue weighted by Crippen LogP contribution is -2.43. The van der Waals surface area contributed by atoms with Crippen LogP contribution in [-0.2, 0) is 4.79 Å². The van der Waals surface area contributed by atoms with Gasteiger partial charge in [0.05, 0.1) is 4.75 Å². The average Bonchev–Trinajstić information content (AvgIpc) is 2.63. The molecule has 2 atom stereocenters. The van der Waals surface area contributed by atoms with Crippen molar-refractivity contribution in [3.8, 4) is 0 Å². The van der Waals surface area contributed by atoms with Crippen molar-refractivity contribution in [1.29, 1.82) is 0 Å². The summed E-state index contributed by atoms with van der Waals surface area (Å²) in [5.74, 6) is 1.83. The fourth-order valence-corrected chi connectivity index (χ4v) is 3.06. The minimum absolute atomic E-state index is 0.167. The van der Waals surface area contributed by atoms with E-state index in [1.807, 2.05) is 7.05 Å². The van der Waals surface area contributed by atoms with Crippen LogP contribution in [0, 0.1) is 5.92 Å². The smallest absolute Gasteiger partial charge is 0.235 e. The Balaban J connectivity index is 2.29. The van der Waals surface area contributed by atoms with Gasteiger partial charge in [0.1, 0.15) is 0 Å². The Hall–Kier alpha value is -0.220. The number of amides is 1. The third-order valence-electron chi connectivity index (χ3n) is 2.86. The zero-order valence-electron chi connectivity index (χ0n) is 9.93. The first-order valence-electron chi connectivity index (χ1n) is 5.65. The van der Waals surface area contributed by atoms with Crippen LogP contribution in [0.3, 0.4) is 0 Å². The topological polar surface area (TPSA) is 41.1 Å². The van der Waals surface area contributed by atoms with E-state index in [0.29, 0.717) is 5.92 Å². The molecule has 1 saturated heterocycles. The highest BCUT2D eigenvalue weighted by Gasteiger charge is 2.36. The van der Waals surface area contributed by atoms with Gasteiger partial charge in [-0.1, -0.05) is 6.92 Å². The number of carbonyl (C=O) groups excluding carboxylic acids is 1. The summed E-state index contributed by atoms with van der Waals surface area (Å²) in [6, 6.07) is 0. The molecule has 1 aliphatic heterocycles. The highest BCUT2D eigenvalue weighted by atomic mass is 32.2. The zero-order chi connectivity index (χ0) is 11.3. The monoisotopic (exact) mass is 230 g/mol. The first-order chi connectivity index (χ1) is 7.08. The van der Waals surface area contributed by atoms with Crippen LogP contribution in [0.25, 0.3) is 0 Å². The van der Waals surface area contributed by atoms with Crippen molar-refractivity contribution in [2.45, 2.75) is 31.4 Å². The lowest BCUT2D eigenvalue weighted by Gasteiger charge is -2.22. The minimum atomic E-state index is -0.167. The largest absolute Gasteiger partial charge is 0.355 e. The van der Waals surface area contributed by atoms with Gasteiger partial charge in [-0.2, -0.15) is 0 Å². The average molecular weight is 230 g/mol. The van der Waals surface area contributed by atoms with Crippen molar-refractivity contribution >= 4 is 17.7 Å². The molecule has 2 unspecified atom stereocenters. The molecule has 1 heterocycles. The van der Waals surface area contributed by atoms with Crippen LogP contribution < -0.4 is 10.6 Å². The Morgan fingerprint density at radius 3 is 2.80 bits per heavy atom. The Kier molecular flexibility index (Phi) is 4.93. The number of nitrogens with one attached hydrogen (secondary N) is 2. The Morgan fingerprint density at radius 2 is 2.27 bits per heavy atom. The maximum absolute atomic E-state index is 11.9. The van der Waals surface area contributed by atoms with Gasteiger partial charge < -0.3 is 10.6 Å². The van der Waals surface area contributed by atoms with Gasteiger partial charge in [-0.05, 0) is 45.0 Å². The summed E-state index contributed by atoms with van der Waals surface area (Å²) in [4.78, 5) is 11.9. The molecule has 15 heavy (non-hydrogen) atoms. The quantitative estimate of drug-likeness (QED) is 0.747. The molecule has 1 rings (SSSR count). The molecule has 0 aromatic carbocycles. The minimum Gasteiger partial charge on any atom is -0.355 e. The van der Waals surface area contributed by atoms with Crippen molar-refractivity contribution < 1.29 is 4.79 Å². The molecule has 0 aromatic heterocycles. The maximum atomic E-state index is 11.9. The molecule has 1 aliphatic rings. The van der Waals surface area contributed by atoms with Crippen molar-refractivity contribution in [3.05, 3.63) is 0 Å². The highest BCUT2D eigenvalue weighted by molar-refractivity contribution is 8.01. The van der Waals surface area contributed by atoms with Gasteiger partial charge in [0.15, 0.2) is 0 Å². The molecule has 0 bridgehead atoms. The molecule has 0 spiro atoms. The van der Waals surface area contributed by atoms with Gasteiger partial charge in [0, 0.05) is 6.54 Å². The van der Waals surface area contributed by atoms with Crippen molar-refractivity contribution in [1.82, 2.24) is 10.6 Å². The van der Waals surface area contributed by atoms with Crippen LogP contribution >= 0.6 is 11.8 Å². The van der Waals surface area contributed by atoms with Crippen molar-refractivity contribution in [2.75, 3.05) is 25.9 Å². The first-order valence-corrected chi connectivity index (χ1v) is 6.64. The lowest BCUT2D eigenvalue weighted by molar-refractivity contribution is -0.123. The van der Waals surface area contributed by atoms with E-state index in [1.165, 1.54) is 6.42 Å². The van der Waals surface area contributed by atoms with E-state index in [-0.39, 0.29) is 10.7 Å². The van der Waals surface area contributed by atoms with E-state index in [0.717, 1.165) is 25.3 Å². The van der Waals surface area contributed by atoms with Gasteiger partial charge in [0.2, 0.25) is 5.91 Å². The van der Waals surface area contributed by atoms with E-state index >= 15 is 0 Å². The Labute approximate surface area is 96.8 Å². The summed E-state index contributed by atoms with van der Waals surface area (Å²) >= 11 is 1.79. The maximum Gasteiger partial charge on any atom is 0.235 e. The summed E-state index contributed by atoms with van der Waals surface area (Å²) in [6.07, 6.45) is 2.19. The number of hydrogen-bond donors (Lipinski definition) is 2. The molecule has 3 nitrogen and oxygen atoms in total. The van der Waals surface area contributed by atoms with E-state index in [9.17, 15) is 4.79 Å². The molecule has 0 aromatic rings. The lowest BCUT2D eigenvalue weighted by atomic mass is 10.0. The summed E-state index contributed by atoms with van der Waals surface area (Å²) in [6.45, 7) is 5.92. The third kappa shape index (κ3) is 3.68. The molecule has 2 N–H and O–H groups in total. The number of hydrogen-bond acceptors (Lipinski definition) is 3. The molecule has 1 fully saturated rings. The molecule has 1 amide bonds. The van der Waals surface area contributed by atoms with Gasteiger partial charge in [-0.15, -0.1) is 11.8 Å². The summed E-state index contributed by atoms with van der Waals surface area (Å²) in [7, 11) is 1.94. The number of thioether (sulfide) groups is 1. The van der Waals surface area contributed by atoms with Crippen LogP contribution in [0.4, 0.5) is 0 Å². The second-order valence-electron chi connectivity index (χ2n) is 4.56. The predicted octanol–water partition coefficient (Wildman–Crippen LogP) is 1.24. The fraction of sp³-hybridized carbons (Fsp3) is 0.909. The molecular weight excluding hydrogens is 208 g/mol. The Bertz CT molecular complexity index is 215. The van der Waals surface area contributed by atoms with E-state index in [2.05, 4.69) is 24.5 Å². The van der Waals surface area contributed by atoms with Gasteiger partial charge in [0.25, 0.3) is 0 Å². The van der Waals surface area contributed by atoms with Crippen molar-refractivity contribution in [3.63, 3.8) is 0 Å². The molecule has 88 valence electrons. The van der Waals surface area contributed by atoms with Crippen LogP contribution in [-0.4, -0.2) is 36.5 Å². The third-order valence-corrected chi connectivity index (χ3v) is 4.38. The van der Waals surface area contributed by atoms with E-state index in [4.69, 9.17) is 0 Å². The second kappa shape index (κ2) is 5.75. The summed E-state index contributed by atoms with van der Waals surface area (Å²) in [5, 5.41) is 6.16. The van der Waals surface area contributed by atoms with Crippen LogP contribution in [0.5, 0.6) is 0 Å². The number of carbonyl (C=O) groups is 1. The molecule has 0 aliphatic carbocycles. The molecule has 4 heteroatoms. The molecular formula is C11H22N2OS. The zero-order valence-corrected chi connectivity index (χ0v) is 10.7. The molecule has 0 radical (unpaired) electrons. The van der Waals surface area contributed by atoms with Crippen LogP contribution in [0.15, 0.2) is 0 Å². The summed E-state index contributed by atoms with van der Waals surface area (Å²) < 4.78 is -0.167. The van der Waals surface area contributed by atoms with E-state index < -0.39 is 0 Å². The van der Waals surface area contributed by atoms with Gasteiger partial charge in [-0.3, -0.25) is 4.79 Å². The standard InChI is InChI=1S/C11H22N2OS/c1-9(7-12-3)8-13-10(14)11(2)5-4-6-15-11/h9,12H,4-8H2,1-3H3,(H,13,14). The predicted molar refractivity (Wildman–Crippen MR) is 66.2 cm³/mol. The normalized spacial score (nSPS) is 27.7. The fourth-order valence-electron chi connectivity index (χ4n) is 1.83. The second-order valence-corrected chi connectivity index (χ2v) is 6.15. The summed E-state index contributed by atoms with van der Waals surface area (Å²) in [5.41, 5.74) is 0. The molecule has 0 saturated carbocycles. The van der Waals surface area contributed by atoms with Gasteiger partial charge >= 0.3 is 0 Å². The van der Waals surface area contributed by atoms with Gasteiger partial charge in [-0.25, -0.2) is 0 Å². The van der Waals surface area contributed by atoms with Crippen molar-refractivity contribution in [2.24, 2.45) is 5.92 Å². The van der Waals surface area contributed by atoms with Crippen LogP contribution in [0.2, 0.25) is 0 Å². The SMILES string of the molecule is CNCC(C)CNC(=O)C1(C)CCCS1. The van der Waals surface area contributed by atoms with E-state index in [1.54, 1.807) is 11.8 Å². The highest BCUT2D eigenvalue weighted by Crippen LogP contribution is 2.37. The Morgan fingerprint density at radius 1 is 1.53 bits per heavy atom. The first kappa shape index (κ1) is 12.8. The van der Waals surface area contributed by atoms with Crippen LogP contribution in [0.1, 0.15) is 26.7 Å². The number of rotatable bonds is 5.